The molecular weight excluding hydrogens is 206 g/mol. The van der Waals surface area contributed by atoms with Crippen LogP contribution in [0.4, 0.5) is 0 Å². The fourth-order valence-corrected chi connectivity index (χ4v) is 1.45. The number of nitrogens with zero attached hydrogens (tertiary/aromatic N) is 3. The Bertz CT molecular complexity index is 466. The number of para-hydroxylation sites is 2. The highest BCUT2D eigenvalue weighted by Crippen LogP contribution is 2.22. The van der Waals surface area contributed by atoms with Crippen LogP contribution in [0, 0.1) is 0 Å². The van der Waals surface area contributed by atoms with Crippen molar-refractivity contribution >= 4 is 0 Å². The fraction of sp³-hybridized carbons (Fsp3) is 0.273. The van der Waals surface area contributed by atoms with Crippen molar-refractivity contribution in [2.24, 2.45) is 0 Å². The van der Waals surface area contributed by atoms with E-state index >= 15 is 0 Å². The molecule has 1 aliphatic rings. The molecule has 0 spiro atoms. The van der Waals surface area contributed by atoms with E-state index in [0.717, 1.165) is 18.0 Å². The van der Waals surface area contributed by atoms with Gasteiger partial charge < -0.3 is 9.47 Å². The number of benzene rings is 1. The van der Waals surface area contributed by atoms with Gasteiger partial charge in [-0.2, -0.15) is 5.10 Å². The first kappa shape index (κ1) is 9.35. The average Bonchev–Trinajstić information content (AvgIpc) is 3.00. The van der Waals surface area contributed by atoms with Crippen LogP contribution in [-0.4, -0.2) is 34.1 Å². The number of rotatable bonds is 4. The molecule has 0 N–H and O–H groups in total. The standard InChI is InChI=1S/C11H11N3O2/c1-2-4-11(16-6-9-5-15-9)10(3-1)14-8-12-7-13-14/h1-4,7-9H,5-6H2. The lowest BCUT2D eigenvalue weighted by Gasteiger charge is -2.09. The van der Waals surface area contributed by atoms with E-state index in [1.54, 1.807) is 11.0 Å². The monoisotopic (exact) mass is 217 g/mol. The SMILES string of the molecule is c1ccc(-n2cncn2)c(OCC2CO2)c1. The molecule has 1 unspecified atom stereocenters. The van der Waals surface area contributed by atoms with Gasteiger partial charge in [-0.15, -0.1) is 0 Å². The highest BCUT2D eigenvalue weighted by molar-refractivity contribution is 5.45. The van der Waals surface area contributed by atoms with E-state index < -0.39 is 0 Å². The topological polar surface area (TPSA) is 52.5 Å². The number of hydrogen-bond acceptors (Lipinski definition) is 4. The molecule has 0 radical (unpaired) electrons. The van der Waals surface area contributed by atoms with E-state index in [1.807, 2.05) is 24.3 Å². The van der Waals surface area contributed by atoms with Crippen LogP contribution in [-0.2, 0) is 4.74 Å². The lowest BCUT2D eigenvalue weighted by Crippen LogP contribution is -2.07. The van der Waals surface area contributed by atoms with Gasteiger partial charge in [0.2, 0.25) is 0 Å². The smallest absolute Gasteiger partial charge is 0.145 e. The van der Waals surface area contributed by atoms with Gasteiger partial charge in [-0.3, -0.25) is 0 Å². The molecule has 2 heterocycles. The lowest BCUT2D eigenvalue weighted by atomic mass is 10.3. The lowest BCUT2D eigenvalue weighted by molar-refractivity contribution is 0.262. The molecule has 1 aliphatic heterocycles. The van der Waals surface area contributed by atoms with E-state index in [2.05, 4.69) is 10.1 Å². The average molecular weight is 217 g/mol. The van der Waals surface area contributed by atoms with Gasteiger partial charge in [0.1, 0.15) is 36.8 Å². The van der Waals surface area contributed by atoms with Crippen LogP contribution in [0.25, 0.3) is 5.69 Å². The zero-order valence-corrected chi connectivity index (χ0v) is 8.61. The second-order valence-corrected chi connectivity index (χ2v) is 3.57. The summed E-state index contributed by atoms with van der Waals surface area (Å²) in [6, 6.07) is 7.73. The third-order valence-corrected chi connectivity index (χ3v) is 2.36. The van der Waals surface area contributed by atoms with Crippen molar-refractivity contribution in [1.29, 1.82) is 0 Å². The van der Waals surface area contributed by atoms with Crippen LogP contribution in [0.15, 0.2) is 36.9 Å². The third kappa shape index (κ3) is 1.90. The Morgan fingerprint density at radius 2 is 2.31 bits per heavy atom. The minimum absolute atomic E-state index is 0.254. The molecule has 1 saturated heterocycles. The van der Waals surface area contributed by atoms with Crippen molar-refractivity contribution in [3.63, 3.8) is 0 Å². The number of ether oxygens (including phenoxy) is 2. The molecule has 16 heavy (non-hydrogen) atoms. The van der Waals surface area contributed by atoms with Crippen LogP contribution in [0.3, 0.4) is 0 Å². The Hall–Kier alpha value is -1.88. The highest BCUT2D eigenvalue weighted by atomic mass is 16.6. The number of hydrogen-bond donors (Lipinski definition) is 0. The Labute approximate surface area is 92.6 Å². The molecule has 0 bridgehead atoms. The first-order valence-electron chi connectivity index (χ1n) is 5.12. The maximum absolute atomic E-state index is 5.67. The second kappa shape index (κ2) is 3.94. The van der Waals surface area contributed by atoms with Crippen LogP contribution in [0.2, 0.25) is 0 Å². The Morgan fingerprint density at radius 3 is 3.06 bits per heavy atom. The summed E-state index contributed by atoms with van der Waals surface area (Å²) >= 11 is 0. The molecule has 0 saturated carbocycles. The van der Waals surface area contributed by atoms with Crippen molar-refractivity contribution in [1.82, 2.24) is 14.8 Å². The molecule has 1 aromatic carbocycles. The quantitative estimate of drug-likeness (QED) is 0.718. The Morgan fingerprint density at radius 1 is 1.44 bits per heavy atom. The van der Waals surface area contributed by atoms with Gasteiger partial charge >= 0.3 is 0 Å². The van der Waals surface area contributed by atoms with Gasteiger partial charge in [-0.25, -0.2) is 9.67 Å². The summed E-state index contributed by atoms with van der Waals surface area (Å²) in [6.45, 7) is 1.39. The molecule has 5 heteroatoms. The first-order valence-corrected chi connectivity index (χ1v) is 5.12. The molecule has 5 nitrogen and oxygen atoms in total. The zero-order chi connectivity index (χ0) is 10.8. The molecule has 1 aromatic heterocycles. The summed E-state index contributed by atoms with van der Waals surface area (Å²) in [6.07, 6.45) is 3.40. The highest BCUT2D eigenvalue weighted by Gasteiger charge is 2.23. The van der Waals surface area contributed by atoms with E-state index in [4.69, 9.17) is 9.47 Å². The second-order valence-electron chi connectivity index (χ2n) is 3.57. The van der Waals surface area contributed by atoms with Crippen LogP contribution in [0.1, 0.15) is 0 Å². The summed E-state index contributed by atoms with van der Waals surface area (Å²) in [5, 5.41) is 4.08. The summed E-state index contributed by atoms with van der Waals surface area (Å²) in [7, 11) is 0. The fourth-order valence-electron chi connectivity index (χ4n) is 1.45. The predicted octanol–water partition coefficient (Wildman–Crippen LogP) is 1.04. The van der Waals surface area contributed by atoms with E-state index in [9.17, 15) is 0 Å². The van der Waals surface area contributed by atoms with Crippen LogP contribution >= 0.6 is 0 Å². The molecule has 2 aromatic rings. The number of epoxide rings is 1. The van der Waals surface area contributed by atoms with Gasteiger partial charge in [0, 0.05) is 0 Å². The number of aromatic nitrogens is 3. The largest absolute Gasteiger partial charge is 0.489 e. The van der Waals surface area contributed by atoms with Gasteiger partial charge in [-0.05, 0) is 12.1 Å². The molecule has 1 atom stereocenters. The molecule has 1 fully saturated rings. The van der Waals surface area contributed by atoms with Gasteiger partial charge in [-0.1, -0.05) is 12.1 Å². The summed E-state index contributed by atoms with van der Waals surface area (Å²) < 4.78 is 12.5. The van der Waals surface area contributed by atoms with Crippen molar-refractivity contribution in [2.45, 2.75) is 6.10 Å². The van der Waals surface area contributed by atoms with Crippen LogP contribution in [0.5, 0.6) is 5.75 Å². The molecule has 3 rings (SSSR count). The maximum Gasteiger partial charge on any atom is 0.145 e. The normalized spacial score (nSPS) is 18.4. The Balaban J connectivity index is 1.85. The van der Waals surface area contributed by atoms with Crippen molar-refractivity contribution in [2.75, 3.05) is 13.2 Å². The predicted molar refractivity (Wildman–Crippen MR) is 56.6 cm³/mol. The zero-order valence-electron chi connectivity index (χ0n) is 8.61. The van der Waals surface area contributed by atoms with Crippen molar-refractivity contribution in [3.8, 4) is 11.4 Å². The molecule has 82 valence electrons. The van der Waals surface area contributed by atoms with Gasteiger partial charge in [0.25, 0.3) is 0 Å². The maximum atomic E-state index is 5.67. The van der Waals surface area contributed by atoms with Gasteiger partial charge in [0.05, 0.1) is 6.61 Å². The third-order valence-electron chi connectivity index (χ3n) is 2.36. The van der Waals surface area contributed by atoms with E-state index in [-0.39, 0.29) is 6.10 Å². The summed E-state index contributed by atoms with van der Waals surface area (Å²) in [5.41, 5.74) is 0.889. The van der Waals surface area contributed by atoms with Gasteiger partial charge in [0.15, 0.2) is 0 Å². The minimum Gasteiger partial charge on any atom is -0.489 e. The summed E-state index contributed by atoms with van der Waals surface area (Å²) in [5.74, 6) is 0.795. The molecular formula is C11H11N3O2. The van der Waals surface area contributed by atoms with E-state index in [1.165, 1.54) is 6.33 Å². The molecule has 0 amide bonds. The van der Waals surface area contributed by atoms with Crippen LogP contribution < -0.4 is 4.74 Å². The Kier molecular flexibility index (Phi) is 2.30. The minimum atomic E-state index is 0.254. The summed E-state index contributed by atoms with van der Waals surface area (Å²) in [4.78, 5) is 3.92. The molecule has 0 aliphatic carbocycles. The van der Waals surface area contributed by atoms with Crippen molar-refractivity contribution < 1.29 is 9.47 Å². The van der Waals surface area contributed by atoms with Crippen molar-refractivity contribution in [3.05, 3.63) is 36.9 Å². The van der Waals surface area contributed by atoms with E-state index in [0.29, 0.717) is 6.61 Å². The first-order chi connectivity index (χ1) is 7.93.